The maximum absolute atomic E-state index is 10.6. The standard InChI is InChI=1S/C21H31NO4/c1-20-9-7-14(22-26-12-19(24)25)11-13(20)3-4-15-16-5-6-18(23)21(16,2)10-8-17(15)20/h7,11,15-18,22-23H,3-6,8-10,12H2,1-2H3,(H,24,25)/t15-,16-,17-,18+,20-,21+/m0/s1. The molecule has 0 bridgehead atoms. The second kappa shape index (κ2) is 6.38. The lowest BCUT2D eigenvalue weighted by atomic mass is 9.48. The van der Waals surface area contributed by atoms with Gasteiger partial charge in [0.25, 0.3) is 0 Å². The summed E-state index contributed by atoms with van der Waals surface area (Å²) in [7, 11) is 0. The van der Waals surface area contributed by atoms with E-state index in [1.54, 1.807) is 0 Å². The topological polar surface area (TPSA) is 78.8 Å². The highest BCUT2D eigenvalue weighted by Gasteiger charge is 2.58. The van der Waals surface area contributed by atoms with Crippen LogP contribution in [0.15, 0.2) is 23.4 Å². The van der Waals surface area contributed by atoms with E-state index in [-0.39, 0.29) is 23.5 Å². The van der Waals surface area contributed by atoms with E-state index >= 15 is 0 Å². The quantitative estimate of drug-likeness (QED) is 0.669. The number of allylic oxidation sites excluding steroid dienone is 3. The fraction of sp³-hybridized carbons (Fsp3) is 0.762. The number of carboxylic acid groups (broad SMARTS) is 1. The Morgan fingerprint density at radius 2 is 2.08 bits per heavy atom. The van der Waals surface area contributed by atoms with E-state index in [0.717, 1.165) is 37.3 Å². The number of aliphatic hydroxyl groups is 1. The van der Waals surface area contributed by atoms with E-state index in [9.17, 15) is 9.90 Å². The molecule has 0 aliphatic heterocycles. The van der Waals surface area contributed by atoms with Crippen LogP contribution in [0.25, 0.3) is 0 Å². The summed E-state index contributed by atoms with van der Waals surface area (Å²) in [6.07, 6.45) is 12.0. The number of hydroxylamine groups is 1. The highest BCUT2D eigenvalue weighted by molar-refractivity contribution is 5.67. The van der Waals surface area contributed by atoms with Crippen LogP contribution in [-0.2, 0) is 9.63 Å². The molecule has 6 atom stereocenters. The zero-order valence-corrected chi connectivity index (χ0v) is 15.8. The second-order valence-corrected chi connectivity index (χ2v) is 9.29. The third-order valence-electron chi connectivity index (χ3n) is 8.15. The first kappa shape index (κ1) is 18.1. The molecular formula is C21H31NO4. The lowest BCUT2D eigenvalue weighted by Crippen LogP contribution is -2.50. The molecular weight excluding hydrogens is 330 g/mol. The SMILES string of the molecule is C[C@@]12CC[C@H]3[C@@H](CCC4=CC(NOCC(=O)O)=CC[C@@]43C)[C@@H]1CC[C@H]2O. The molecule has 0 aromatic carbocycles. The monoisotopic (exact) mass is 361 g/mol. The molecule has 0 heterocycles. The lowest BCUT2D eigenvalue weighted by Gasteiger charge is -2.57. The van der Waals surface area contributed by atoms with Crippen LogP contribution in [0, 0.1) is 28.6 Å². The molecule has 0 unspecified atom stereocenters. The first-order chi connectivity index (χ1) is 12.3. The predicted octanol–water partition coefficient (Wildman–Crippen LogP) is 3.41. The van der Waals surface area contributed by atoms with Gasteiger partial charge in [-0.15, -0.1) is 0 Å². The maximum Gasteiger partial charge on any atom is 0.332 e. The number of hydrogen-bond acceptors (Lipinski definition) is 4. The molecule has 0 aromatic heterocycles. The van der Waals surface area contributed by atoms with E-state index < -0.39 is 5.97 Å². The summed E-state index contributed by atoms with van der Waals surface area (Å²) >= 11 is 0. The predicted molar refractivity (Wildman–Crippen MR) is 97.9 cm³/mol. The van der Waals surface area contributed by atoms with Crippen molar-refractivity contribution in [2.75, 3.05) is 6.61 Å². The number of aliphatic hydroxyl groups excluding tert-OH is 1. The van der Waals surface area contributed by atoms with Crippen molar-refractivity contribution in [1.82, 2.24) is 5.48 Å². The molecule has 0 saturated heterocycles. The Labute approximate surface area is 155 Å². The van der Waals surface area contributed by atoms with Crippen molar-refractivity contribution in [2.45, 2.75) is 64.9 Å². The van der Waals surface area contributed by atoms with Crippen LogP contribution < -0.4 is 5.48 Å². The molecule has 5 heteroatoms. The van der Waals surface area contributed by atoms with E-state index in [2.05, 4.69) is 31.5 Å². The molecule has 3 N–H and O–H groups in total. The average Bonchev–Trinajstić information content (AvgIpc) is 2.90. The molecule has 0 radical (unpaired) electrons. The summed E-state index contributed by atoms with van der Waals surface area (Å²) in [5.41, 5.74) is 5.47. The summed E-state index contributed by atoms with van der Waals surface area (Å²) in [5, 5.41) is 19.2. The molecule has 0 amide bonds. The van der Waals surface area contributed by atoms with Crippen molar-refractivity contribution in [3.05, 3.63) is 23.4 Å². The minimum absolute atomic E-state index is 0.119. The number of hydrogen-bond donors (Lipinski definition) is 3. The summed E-state index contributed by atoms with van der Waals surface area (Å²) in [5.74, 6) is 1.09. The van der Waals surface area contributed by atoms with Crippen molar-refractivity contribution in [3.8, 4) is 0 Å². The molecule has 4 aliphatic carbocycles. The molecule has 26 heavy (non-hydrogen) atoms. The smallest absolute Gasteiger partial charge is 0.332 e. The molecule has 4 aliphatic rings. The molecule has 3 fully saturated rings. The van der Waals surface area contributed by atoms with Gasteiger partial charge in [-0.2, -0.15) is 0 Å². The third-order valence-corrected chi connectivity index (χ3v) is 8.15. The number of nitrogens with one attached hydrogen (secondary N) is 1. The van der Waals surface area contributed by atoms with Gasteiger partial charge in [-0.3, -0.25) is 10.3 Å². The van der Waals surface area contributed by atoms with Gasteiger partial charge in [-0.25, -0.2) is 4.79 Å². The summed E-state index contributed by atoms with van der Waals surface area (Å²) in [4.78, 5) is 15.6. The lowest BCUT2D eigenvalue weighted by molar-refractivity contribution is -0.144. The summed E-state index contributed by atoms with van der Waals surface area (Å²) in [6.45, 7) is 4.39. The normalized spacial score (nSPS) is 44.3. The van der Waals surface area contributed by atoms with Gasteiger partial charge in [0.15, 0.2) is 6.61 Å². The van der Waals surface area contributed by atoms with Crippen molar-refractivity contribution in [1.29, 1.82) is 0 Å². The zero-order valence-electron chi connectivity index (χ0n) is 15.8. The van der Waals surface area contributed by atoms with Crippen LogP contribution in [0.1, 0.15) is 58.8 Å². The average molecular weight is 361 g/mol. The number of fused-ring (bicyclic) bond motifs is 5. The largest absolute Gasteiger partial charge is 0.479 e. The molecule has 0 aromatic rings. The van der Waals surface area contributed by atoms with Crippen LogP contribution >= 0.6 is 0 Å². The number of carboxylic acids is 1. The molecule has 5 nitrogen and oxygen atoms in total. The zero-order chi connectivity index (χ0) is 18.5. The van der Waals surface area contributed by atoms with Gasteiger partial charge < -0.3 is 10.2 Å². The fourth-order valence-corrected chi connectivity index (χ4v) is 6.64. The minimum atomic E-state index is -0.976. The van der Waals surface area contributed by atoms with Gasteiger partial charge in [0.2, 0.25) is 0 Å². The second-order valence-electron chi connectivity index (χ2n) is 9.29. The Bertz CT molecular complexity index is 656. The summed E-state index contributed by atoms with van der Waals surface area (Å²) < 4.78 is 0. The van der Waals surface area contributed by atoms with E-state index in [4.69, 9.17) is 9.94 Å². The first-order valence-electron chi connectivity index (χ1n) is 10.0. The number of carbonyl (C=O) groups is 1. The van der Waals surface area contributed by atoms with Crippen LogP contribution in [0.5, 0.6) is 0 Å². The van der Waals surface area contributed by atoms with Crippen molar-refractivity contribution >= 4 is 5.97 Å². The fourth-order valence-electron chi connectivity index (χ4n) is 6.64. The van der Waals surface area contributed by atoms with E-state index in [1.165, 1.54) is 24.8 Å². The van der Waals surface area contributed by atoms with Crippen LogP contribution in [-0.4, -0.2) is 28.9 Å². The Kier molecular flexibility index (Phi) is 4.43. The third kappa shape index (κ3) is 2.71. The minimum Gasteiger partial charge on any atom is -0.479 e. The molecule has 3 saturated carbocycles. The Balaban J connectivity index is 1.50. The molecule has 144 valence electrons. The summed E-state index contributed by atoms with van der Waals surface area (Å²) in [6, 6.07) is 0. The van der Waals surface area contributed by atoms with Crippen LogP contribution in [0.3, 0.4) is 0 Å². The Morgan fingerprint density at radius 1 is 1.27 bits per heavy atom. The van der Waals surface area contributed by atoms with Gasteiger partial charge in [0, 0.05) is 0 Å². The Morgan fingerprint density at radius 3 is 2.85 bits per heavy atom. The number of rotatable bonds is 4. The van der Waals surface area contributed by atoms with Crippen molar-refractivity contribution < 1.29 is 19.8 Å². The van der Waals surface area contributed by atoms with Gasteiger partial charge in [0.1, 0.15) is 0 Å². The molecule has 0 spiro atoms. The van der Waals surface area contributed by atoms with Gasteiger partial charge in [-0.05, 0) is 79.6 Å². The maximum atomic E-state index is 10.6. The highest BCUT2D eigenvalue weighted by atomic mass is 16.7. The van der Waals surface area contributed by atoms with Gasteiger partial charge >= 0.3 is 5.97 Å². The Hall–Kier alpha value is -1.33. The van der Waals surface area contributed by atoms with E-state index in [1.807, 2.05) is 0 Å². The molecule has 4 rings (SSSR count). The first-order valence-corrected chi connectivity index (χ1v) is 10.0. The van der Waals surface area contributed by atoms with Gasteiger partial charge in [0.05, 0.1) is 11.8 Å². The van der Waals surface area contributed by atoms with Crippen molar-refractivity contribution in [2.24, 2.45) is 28.6 Å². The van der Waals surface area contributed by atoms with Gasteiger partial charge in [-0.1, -0.05) is 25.5 Å². The number of aliphatic carboxylic acids is 1. The van der Waals surface area contributed by atoms with E-state index in [0.29, 0.717) is 11.8 Å². The highest BCUT2D eigenvalue weighted by Crippen LogP contribution is 2.65. The van der Waals surface area contributed by atoms with Crippen LogP contribution in [0.2, 0.25) is 0 Å². The van der Waals surface area contributed by atoms with Crippen molar-refractivity contribution in [3.63, 3.8) is 0 Å². The van der Waals surface area contributed by atoms with Crippen LogP contribution in [0.4, 0.5) is 0 Å².